The first-order valence-electron chi connectivity index (χ1n) is 6.81. The highest BCUT2D eigenvalue weighted by molar-refractivity contribution is 14.1. The van der Waals surface area contributed by atoms with Crippen LogP contribution in [0.15, 0.2) is 36.4 Å². The molecule has 1 unspecified atom stereocenters. The molecule has 0 heterocycles. The standard InChI is InChI=1S/C17H14I2O4/c1-10(17(21)22-2)7-11-8-14(18)16(15(19)9-11)23-13-5-3-12(20)4-6-13/h3-6,8-10H,2,7H2,1H3/p+1. The van der Waals surface area contributed by atoms with Crippen LogP contribution in [0.25, 0.3) is 0 Å². The second kappa shape index (κ2) is 8.09. The lowest BCUT2D eigenvalue weighted by molar-refractivity contribution is -0.373. The molecule has 23 heavy (non-hydrogen) atoms. The van der Waals surface area contributed by atoms with Gasteiger partial charge in [-0.15, -0.1) is 0 Å². The Bertz CT molecular complexity index is 703. The second-order valence-electron chi connectivity index (χ2n) is 5.05. The highest BCUT2D eigenvalue weighted by Crippen LogP contribution is 2.34. The van der Waals surface area contributed by atoms with Gasteiger partial charge in [-0.2, -0.15) is 0 Å². The van der Waals surface area contributed by atoms with Crippen molar-refractivity contribution in [2.24, 2.45) is 5.92 Å². The molecule has 1 atom stereocenters. The summed E-state index contributed by atoms with van der Waals surface area (Å²) in [6, 6.07) is 10.6. The zero-order valence-corrected chi connectivity index (χ0v) is 16.7. The molecule has 120 valence electrons. The number of hydrogen-bond acceptors (Lipinski definition) is 3. The van der Waals surface area contributed by atoms with E-state index in [4.69, 9.17) is 4.74 Å². The lowest BCUT2D eigenvalue weighted by Gasteiger charge is -2.12. The first-order chi connectivity index (χ1) is 10.9. The molecule has 0 amide bonds. The Morgan fingerprint density at radius 2 is 1.83 bits per heavy atom. The van der Waals surface area contributed by atoms with Crippen molar-refractivity contribution >= 4 is 57.9 Å². The molecule has 2 rings (SSSR count). The molecule has 4 nitrogen and oxygen atoms in total. The van der Waals surface area contributed by atoms with Gasteiger partial charge in [0.05, 0.1) is 7.14 Å². The molecular formula is C17H15I2O4+. The maximum absolute atomic E-state index is 11.5. The van der Waals surface area contributed by atoms with E-state index in [2.05, 4.69) is 56.4 Å². The average Bonchev–Trinajstić information content (AvgIpc) is 2.51. The average molecular weight is 537 g/mol. The van der Waals surface area contributed by atoms with Crippen molar-refractivity contribution in [3.63, 3.8) is 0 Å². The highest BCUT2D eigenvalue weighted by atomic mass is 127. The van der Waals surface area contributed by atoms with Crippen LogP contribution < -0.4 is 4.74 Å². The molecule has 0 aliphatic carbocycles. The van der Waals surface area contributed by atoms with Crippen LogP contribution in [0.2, 0.25) is 0 Å². The molecule has 0 saturated carbocycles. The van der Waals surface area contributed by atoms with Crippen molar-refractivity contribution in [1.82, 2.24) is 0 Å². The summed E-state index contributed by atoms with van der Waals surface area (Å²) in [6.07, 6.45) is 0.583. The molecule has 0 aliphatic rings. The normalized spacial score (nSPS) is 11.8. The molecule has 0 bridgehead atoms. The Kier molecular flexibility index (Phi) is 6.40. The van der Waals surface area contributed by atoms with Crippen molar-refractivity contribution < 1.29 is 19.1 Å². The molecule has 1 N–H and O–H groups in total. The van der Waals surface area contributed by atoms with Gasteiger partial charge in [0, 0.05) is 4.79 Å². The molecule has 0 radical (unpaired) electrons. The quantitative estimate of drug-likeness (QED) is 0.453. The monoisotopic (exact) mass is 537 g/mol. The van der Waals surface area contributed by atoms with Gasteiger partial charge in [0.1, 0.15) is 17.4 Å². The Morgan fingerprint density at radius 3 is 2.35 bits per heavy atom. The van der Waals surface area contributed by atoms with Gasteiger partial charge in [0.25, 0.3) is 0 Å². The molecule has 2 aromatic rings. The van der Waals surface area contributed by atoms with E-state index < -0.39 is 0 Å². The van der Waals surface area contributed by atoms with Gasteiger partial charge in [-0.1, -0.05) is 0 Å². The summed E-state index contributed by atoms with van der Waals surface area (Å²) in [5.41, 5.74) is 1.04. The molecule has 0 saturated heterocycles. The number of benzene rings is 2. The van der Waals surface area contributed by atoms with Crippen LogP contribution in [0.4, 0.5) is 0 Å². The van der Waals surface area contributed by atoms with Crippen molar-refractivity contribution in [2.75, 3.05) is 0 Å². The zero-order valence-electron chi connectivity index (χ0n) is 12.4. The zero-order chi connectivity index (χ0) is 17.0. The van der Waals surface area contributed by atoms with Gasteiger partial charge in [0.2, 0.25) is 0 Å². The van der Waals surface area contributed by atoms with E-state index in [1.54, 1.807) is 24.3 Å². The number of phenols is 1. The predicted octanol–water partition coefficient (Wildman–Crippen LogP) is 4.46. The van der Waals surface area contributed by atoms with Gasteiger partial charge >= 0.3 is 5.97 Å². The van der Waals surface area contributed by atoms with Gasteiger partial charge in [-0.25, -0.2) is 0 Å². The minimum absolute atomic E-state index is 0.198. The van der Waals surface area contributed by atoms with E-state index in [0.29, 0.717) is 12.2 Å². The maximum atomic E-state index is 11.5. The Balaban J connectivity index is 2.21. The fourth-order valence-electron chi connectivity index (χ4n) is 2.04. The molecule has 6 heteroatoms. The minimum Gasteiger partial charge on any atom is -0.508 e. The van der Waals surface area contributed by atoms with Crippen molar-refractivity contribution in [2.45, 2.75) is 13.3 Å². The summed E-state index contributed by atoms with van der Waals surface area (Å²) in [4.78, 5) is 11.5. The van der Waals surface area contributed by atoms with Crippen molar-refractivity contribution in [3.05, 3.63) is 49.1 Å². The lowest BCUT2D eigenvalue weighted by Crippen LogP contribution is -2.13. The third-order valence-corrected chi connectivity index (χ3v) is 4.80. The molecule has 2 aromatic carbocycles. The number of phenolic OH excluding ortho intramolecular Hbond substituents is 1. The van der Waals surface area contributed by atoms with Crippen molar-refractivity contribution in [1.29, 1.82) is 0 Å². The number of halogens is 2. The SMILES string of the molecule is C=[O+]C(=O)C(C)Cc1cc(I)c(Oc2ccc(O)cc2)c(I)c1. The third kappa shape index (κ3) is 4.90. The summed E-state index contributed by atoms with van der Waals surface area (Å²) in [5, 5.41) is 9.32. The molecule has 0 aliphatic heterocycles. The van der Waals surface area contributed by atoms with Crippen LogP contribution >= 0.6 is 45.2 Å². The predicted molar refractivity (Wildman–Crippen MR) is 105 cm³/mol. The van der Waals surface area contributed by atoms with E-state index in [1.807, 2.05) is 19.1 Å². The molecule has 0 spiro atoms. The van der Waals surface area contributed by atoms with Crippen LogP contribution in [0.5, 0.6) is 17.2 Å². The number of aromatic hydroxyl groups is 1. The smallest absolute Gasteiger partial charge is 0.508 e. The van der Waals surface area contributed by atoms with Crippen LogP contribution in [0.3, 0.4) is 0 Å². The van der Waals surface area contributed by atoms with Gasteiger partial charge in [0.15, 0.2) is 12.5 Å². The molecule has 0 aromatic heterocycles. The second-order valence-corrected chi connectivity index (χ2v) is 7.38. The number of rotatable bonds is 5. The molecule has 0 fully saturated rings. The Morgan fingerprint density at radius 1 is 1.26 bits per heavy atom. The fraction of sp³-hybridized carbons (Fsp3) is 0.176. The first-order valence-corrected chi connectivity index (χ1v) is 8.97. The Hall–Kier alpha value is -1.16. The maximum Gasteiger partial charge on any atom is 0.582 e. The lowest BCUT2D eigenvalue weighted by atomic mass is 10.0. The van der Waals surface area contributed by atoms with Crippen LogP contribution in [0.1, 0.15) is 12.5 Å². The fourth-order valence-corrected chi connectivity index (χ4v) is 4.16. The number of carbonyl (C=O) groups excluding carboxylic acids is 2. The number of carbonyl (C=O) groups is 1. The summed E-state index contributed by atoms with van der Waals surface area (Å²) in [6.45, 7) is 4.97. The van der Waals surface area contributed by atoms with Crippen molar-refractivity contribution in [3.8, 4) is 17.2 Å². The van der Waals surface area contributed by atoms with Gasteiger partial charge in [-0.3, -0.25) is 4.42 Å². The summed E-state index contributed by atoms with van der Waals surface area (Å²) in [7, 11) is 0. The number of ether oxygens (including phenoxy) is 1. The summed E-state index contributed by atoms with van der Waals surface area (Å²) < 4.78 is 12.3. The topological polar surface area (TPSA) is 57.8 Å². The summed E-state index contributed by atoms with van der Waals surface area (Å²) >= 11 is 4.42. The first kappa shape index (κ1) is 18.2. The molecular weight excluding hydrogens is 522 g/mol. The van der Waals surface area contributed by atoms with Gasteiger partial charge in [-0.05, 0) is 100 Å². The number of hydrogen-bond donors (Lipinski definition) is 1. The van der Waals surface area contributed by atoms with E-state index in [1.165, 1.54) is 0 Å². The van der Waals surface area contributed by atoms with Gasteiger partial charge < -0.3 is 9.84 Å². The van der Waals surface area contributed by atoms with E-state index >= 15 is 0 Å². The minimum atomic E-state index is -0.320. The largest absolute Gasteiger partial charge is 0.582 e. The highest BCUT2D eigenvalue weighted by Gasteiger charge is 2.24. The summed E-state index contributed by atoms with van der Waals surface area (Å²) in [5.74, 6) is 1.04. The van der Waals surface area contributed by atoms with E-state index in [0.717, 1.165) is 18.5 Å². The Labute approximate surface area is 161 Å². The van der Waals surface area contributed by atoms with Crippen LogP contribution in [-0.2, 0) is 15.6 Å². The third-order valence-electron chi connectivity index (χ3n) is 3.20. The van der Waals surface area contributed by atoms with E-state index in [-0.39, 0.29) is 17.6 Å². The van der Waals surface area contributed by atoms with Crippen LogP contribution in [-0.4, -0.2) is 17.9 Å². The van der Waals surface area contributed by atoms with E-state index in [9.17, 15) is 9.90 Å². The van der Waals surface area contributed by atoms with Crippen LogP contribution in [0, 0.1) is 13.1 Å².